The summed E-state index contributed by atoms with van der Waals surface area (Å²) in [5, 5.41) is 8.71. The summed E-state index contributed by atoms with van der Waals surface area (Å²) in [6.07, 6.45) is 0.122. The van der Waals surface area contributed by atoms with Crippen LogP contribution in [0, 0.1) is 12.8 Å². The standard InChI is InChI=1S/C15H18N2O4/c1-10-3-5-12(6-4-10)17-8-11(7-13(17)18)15(21)16(2)9-14(19)20/h3-6,11H,7-9H2,1-2H3,(H,19,20)/t11-/m0/s1. The molecule has 0 saturated carbocycles. The van der Waals surface area contributed by atoms with Crippen LogP contribution in [0.25, 0.3) is 0 Å². The number of likely N-dealkylation sites (N-methyl/N-ethyl adjacent to an activating group) is 1. The van der Waals surface area contributed by atoms with Crippen molar-refractivity contribution in [1.82, 2.24) is 4.90 Å². The van der Waals surface area contributed by atoms with Gasteiger partial charge < -0.3 is 14.9 Å². The molecule has 21 heavy (non-hydrogen) atoms. The maximum Gasteiger partial charge on any atom is 0.323 e. The van der Waals surface area contributed by atoms with Gasteiger partial charge in [0.15, 0.2) is 0 Å². The number of benzene rings is 1. The third-order valence-corrected chi connectivity index (χ3v) is 3.57. The van der Waals surface area contributed by atoms with E-state index in [0.717, 1.165) is 16.2 Å². The lowest BCUT2D eigenvalue weighted by atomic mass is 10.1. The fraction of sp³-hybridized carbons (Fsp3) is 0.400. The number of carboxylic acid groups (broad SMARTS) is 1. The van der Waals surface area contributed by atoms with Gasteiger partial charge in [-0.05, 0) is 19.1 Å². The van der Waals surface area contributed by atoms with Gasteiger partial charge in [-0.3, -0.25) is 14.4 Å². The van der Waals surface area contributed by atoms with Crippen LogP contribution in [0.2, 0.25) is 0 Å². The van der Waals surface area contributed by atoms with E-state index in [1.807, 2.05) is 31.2 Å². The fourth-order valence-electron chi connectivity index (χ4n) is 2.44. The molecule has 0 aliphatic carbocycles. The van der Waals surface area contributed by atoms with Crippen molar-refractivity contribution in [2.75, 3.05) is 25.0 Å². The minimum absolute atomic E-state index is 0.110. The SMILES string of the molecule is Cc1ccc(N2C[C@@H](C(=O)N(C)CC(=O)O)CC2=O)cc1. The molecule has 0 spiro atoms. The van der Waals surface area contributed by atoms with Gasteiger partial charge in [0.25, 0.3) is 0 Å². The van der Waals surface area contributed by atoms with E-state index >= 15 is 0 Å². The topological polar surface area (TPSA) is 77.9 Å². The molecule has 1 aliphatic rings. The fourth-order valence-corrected chi connectivity index (χ4v) is 2.44. The van der Waals surface area contributed by atoms with Gasteiger partial charge in [-0.15, -0.1) is 0 Å². The molecule has 112 valence electrons. The van der Waals surface area contributed by atoms with E-state index in [9.17, 15) is 14.4 Å². The van der Waals surface area contributed by atoms with Crippen LogP contribution >= 0.6 is 0 Å². The molecule has 0 radical (unpaired) electrons. The third kappa shape index (κ3) is 3.39. The van der Waals surface area contributed by atoms with E-state index in [0.29, 0.717) is 6.54 Å². The number of hydrogen-bond donors (Lipinski definition) is 1. The Labute approximate surface area is 123 Å². The highest BCUT2D eigenvalue weighted by atomic mass is 16.4. The molecular formula is C15H18N2O4. The van der Waals surface area contributed by atoms with Crippen LogP contribution in [0.3, 0.4) is 0 Å². The summed E-state index contributed by atoms with van der Waals surface area (Å²) in [5.74, 6) is -1.96. The molecule has 0 bridgehead atoms. The van der Waals surface area contributed by atoms with Gasteiger partial charge in [-0.2, -0.15) is 0 Å². The zero-order valence-corrected chi connectivity index (χ0v) is 12.1. The van der Waals surface area contributed by atoms with Crippen molar-refractivity contribution >= 4 is 23.5 Å². The number of carbonyl (C=O) groups excluding carboxylic acids is 2. The number of nitrogens with zero attached hydrogens (tertiary/aromatic N) is 2. The van der Waals surface area contributed by atoms with Crippen LogP contribution in [-0.2, 0) is 14.4 Å². The number of carbonyl (C=O) groups is 3. The smallest absolute Gasteiger partial charge is 0.323 e. The molecule has 1 aliphatic heterocycles. The summed E-state index contributed by atoms with van der Waals surface area (Å²) in [5.41, 5.74) is 1.86. The van der Waals surface area contributed by atoms with Crippen molar-refractivity contribution in [1.29, 1.82) is 0 Å². The predicted octanol–water partition coefficient (Wildman–Crippen LogP) is 0.891. The average Bonchev–Trinajstić information content (AvgIpc) is 2.80. The van der Waals surface area contributed by atoms with Crippen molar-refractivity contribution in [3.05, 3.63) is 29.8 Å². The number of hydrogen-bond acceptors (Lipinski definition) is 3. The van der Waals surface area contributed by atoms with E-state index in [1.54, 1.807) is 4.90 Å². The second-order valence-corrected chi connectivity index (χ2v) is 5.33. The largest absolute Gasteiger partial charge is 0.480 e. The highest BCUT2D eigenvalue weighted by Gasteiger charge is 2.36. The molecule has 1 fully saturated rings. The van der Waals surface area contributed by atoms with E-state index in [4.69, 9.17) is 5.11 Å². The van der Waals surface area contributed by atoms with Crippen LogP contribution in [0.15, 0.2) is 24.3 Å². The maximum atomic E-state index is 12.1. The highest BCUT2D eigenvalue weighted by molar-refractivity contribution is 6.00. The lowest BCUT2D eigenvalue weighted by Gasteiger charge is -2.20. The van der Waals surface area contributed by atoms with Gasteiger partial charge in [-0.25, -0.2) is 0 Å². The summed E-state index contributed by atoms with van der Waals surface area (Å²) in [4.78, 5) is 37.6. The van der Waals surface area contributed by atoms with Crippen molar-refractivity contribution in [3.8, 4) is 0 Å². The number of rotatable bonds is 4. The van der Waals surface area contributed by atoms with Crippen LogP contribution in [0.4, 0.5) is 5.69 Å². The summed E-state index contributed by atoms with van der Waals surface area (Å²) < 4.78 is 0. The van der Waals surface area contributed by atoms with Gasteiger partial charge >= 0.3 is 5.97 Å². The summed E-state index contributed by atoms with van der Waals surface area (Å²) >= 11 is 0. The van der Waals surface area contributed by atoms with Gasteiger partial charge in [-0.1, -0.05) is 17.7 Å². The highest BCUT2D eigenvalue weighted by Crippen LogP contribution is 2.26. The number of aryl methyl sites for hydroxylation is 1. The minimum Gasteiger partial charge on any atom is -0.480 e. The Balaban J connectivity index is 2.07. The molecule has 6 nitrogen and oxygen atoms in total. The Morgan fingerprint density at radius 3 is 2.52 bits per heavy atom. The van der Waals surface area contributed by atoms with Gasteiger partial charge in [0.1, 0.15) is 6.54 Å². The van der Waals surface area contributed by atoms with Crippen molar-refractivity contribution < 1.29 is 19.5 Å². The van der Waals surface area contributed by atoms with Crippen molar-refractivity contribution in [2.24, 2.45) is 5.92 Å². The first kappa shape index (κ1) is 15.0. The Kier molecular flexibility index (Phi) is 4.26. The first-order valence-corrected chi connectivity index (χ1v) is 6.72. The third-order valence-electron chi connectivity index (χ3n) is 3.57. The Bertz CT molecular complexity index is 568. The summed E-state index contributed by atoms with van der Waals surface area (Å²) in [7, 11) is 1.44. The second kappa shape index (κ2) is 5.95. The molecule has 1 aromatic carbocycles. The van der Waals surface area contributed by atoms with Gasteiger partial charge in [0, 0.05) is 25.7 Å². The maximum absolute atomic E-state index is 12.1. The van der Waals surface area contributed by atoms with Crippen LogP contribution in [0.1, 0.15) is 12.0 Å². The molecule has 1 N–H and O–H groups in total. The number of aliphatic carboxylic acids is 1. The molecule has 6 heteroatoms. The van der Waals surface area contributed by atoms with Crippen LogP contribution in [0.5, 0.6) is 0 Å². The quantitative estimate of drug-likeness (QED) is 0.893. The zero-order valence-electron chi connectivity index (χ0n) is 12.1. The average molecular weight is 290 g/mol. The monoisotopic (exact) mass is 290 g/mol. The molecule has 0 aromatic heterocycles. The van der Waals surface area contributed by atoms with Crippen molar-refractivity contribution in [3.63, 3.8) is 0 Å². The van der Waals surface area contributed by atoms with E-state index < -0.39 is 11.9 Å². The van der Waals surface area contributed by atoms with Crippen molar-refractivity contribution in [2.45, 2.75) is 13.3 Å². The normalized spacial score (nSPS) is 17.9. The number of amides is 2. The molecule has 2 amide bonds. The Morgan fingerprint density at radius 1 is 1.33 bits per heavy atom. The molecule has 1 saturated heterocycles. The van der Waals surface area contributed by atoms with Crippen LogP contribution < -0.4 is 4.90 Å². The molecular weight excluding hydrogens is 272 g/mol. The Hall–Kier alpha value is -2.37. The molecule has 1 aromatic rings. The lowest BCUT2D eigenvalue weighted by Crippen LogP contribution is -2.37. The predicted molar refractivity (Wildman–Crippen MR) is 76.9 cm³/mol. The molecule has 1 heterocycles. The molecule has 2 rings (SSSR count). The van der Waals surface area contributed by atoms with E-state index in [-0.39, 0.29) is 24.8 Å². The number of anilines is 1. The summed E-state index contributed by atoms with van der Waals surface area (Å²) in [6.45, 7) is 1.90. The van der Waals surface area contributed by atoms with E-state index in [2.05, 4.69) is 0 Å². The first-order chi connectivity index (χ1) is 9.88. The minimum atomic E-state index is -1.06. The second-order valence-electron chi connectivity index (χ2n) is 5.33. The molecule has 0 unspecified atom stereocenters. The number of carboxylic acids is 1. The van der Waals surface area contributed by atoms with Crippen LogP contribution in [-0.4, -0.2) is 47.9 Å². The molecule has 1 atom stereocenters. The zero-order chi connectivity index (χ0) is 15.6. The first-order valence-electron chi connectivity index (χ1n) is 6.72. The summed E-state index contributed by atoms with van der Waals surface area (Å²) in [6, 6.07) is 7.52. The Morgan fingerprint density at radius 2 is 1.95 bits per heavy atom. The lowest BCUT2D eigenvalue weighted by molar-refractivity contribution is -0.145. The van der Waals surface area contributed by atoms with Gasteiger partial charge in [0.2, 0.25) is 11.8 Å². The van der Waals surface area contributed by atoms with E-state index in [1.165, 1.54) is 7.05 Å². The van der Waals surface area contributed by atoms with Gasteiger partial charge in [0.05, 0.1) is 5.92 Å².